The molecule has 0 aliphatic heterocycles. The third-order valence-electron chi connectivity index (χ3n) is 2.26. The first kappa shape index (κ1) is 12.8. The van der Waals surface area contributed by atoms with Crippen LogP contribution in [0, 0.1) is 12.3 Å². The van der Waals surface area contributed by atoms with Crippen molar-refractivity contribution < 1.29 is 4.79 Å². The average Bonchev–Trinajstić information content (AvgIpc) is 2.70. The van der Waals surface area contributed by atoms with E-state index >= 15 is 0 Å². The van der Waals surface area contributed by atoms with Crippen LogP contribution in [0.4, 0.5) is 5.13 Å². The minimum Gasteiger partial charge on any atom is -0.319 e. The predicted octanol–water partition coefficient (Wildman–Crippen LogP) is 2.24. The second kappa shape index (κ2) is 5.36. The number of rotatable bonds is 3. The summed E-state index contributed by atoms with van der Waals surface area (Å²) in [6.07, 6.45) is 5.30. The van der Waals surface area contributed by atoms with Crippen molar-refractivity contribution in [1.82, 2.24) is 4.98 Å². The minimum absolute atomic E-state index is 0.197. The summed E-state index contributed by atoms with van der Waals surface area (Å²) in [5, 5.41) is 3.76. The Morgan fingerprint density at radius 1 is 1.67 bits per heavy atom. The molecular weight excluding hydrogens is 270 g/mol. The first-order valence-corrected chi connectivity index (χ1v) is 6.35. The van der Waals surface area contributed by atoms with Crippen molar-refractivity contribution in [3.8, 4) is 12.3 Å². The van der Waals surface area contributed by atoms with Gasteiger partial charge in [-0.25, -0.2) is 4.98 Å². The number of benzene rings is 1. The molecule has 0 fully saturated rings. The molecular formula is C12H10ClN3OS. The van der Waals surface area contributed by atoms with Gasteiger partial charge in [0.2, 0.25) is 5.91 Å². The number of fused-ring (bicyclic) bond motifs is 1. The van der Waals surface area contributed by atoms with Crippen LogP contribution in [0.2, 0.25) is 5.02 Å². The van der Waals surface area contributed by atoms with E-state index in [0.717, 1.165) is 10.2 Å². The van der Waals surface area contributed by atoms with Crippen LogP contribution in [-0.4, -0.2) is 16.9 Å². The van der Waals surface area contributed by atoms with Crippen LogP contribution in [0.5, 0.6) is 0 Å². The number of aromatic nitrogens is 1. The number of carbonyl (C=O) groups excluding carboxylic acids is 1. The predicted molar refractivity (Wildman–Crippen MR) is 74.7 cm³/mol. The lowest BCUT2D eigenvalue weighted by Crippen LogP contribution is -2.35. The molecule has 3 N–H and O–H groups in total. The molecule has 0 aliphatic rings. The quantitative estimate of drug-likeness (QED) is 0.847. The smallest absolute Gasteiger partial charge is 0.244 e. The van der Waals surface area contributed by atoms with Gasteiger partial charge in [-0.2, -0.15) is 0 Å². The van der Waals surface area contributed by atoms with E-state index in [2.05, 4.69) is 16.2 Å². The second-order valence-electron chi connectivity index (χ2n) is 3.64. The summed E-state index contributed by atoms with van der Waals surface area (Å²) >= 11 is 7.22. The zero-order valence-electron chi connectivity index (χ0n) is 9.31. The Kier molecular flexibility index (Phi) is 3.82. The third kappa shape index (κ3) is 2.79. The van der Waals surface area contributed by atoms with Gasteiger partial charge in [0.05, 0.1) is 16.3 Å². The van der Waals surface area contributed by atoms with Crippen LogP contribution in [0.1, 0.15) is 6.42 Å². The lowest BCUT2D eigenvalue weighted by Gasteiger charge is -2.06. The van der Waals surface area contributed by atoms with E-state index in [0.29, 0.717) is 10.2 Å². The molecule has 18 heavy (non-hydrogen) atoms. The number of nitrogens with one attached hydrogen (secondary N) is 1. The van der Waals surface area contributed by atoms with Crippen molar-refractivity contribution in [2.24, 2.45) is 5.73 Å². The molecule has 1 aromatic heterocycles. The normalized spacial score (nSPS) is 12.1. The monoisotopic (exact) mass is 279 g/mol. The maximum Gasteiger partial charge on any atom is 0.244 e. The van der Waals surface area contributed by atoms with Gasteiger partial charge in [0.25, 0.3) is 0 Å². The highest BCUT2D eigenvalue weighted by Gasteiger charge is 2.14. The van der Waals surface area contributed by atoms with Crippen molar-refractivity contribution in [3.63, 3.8) is 0 Å². The molecule has 1 aromatic carbocycles. The molecule has 0 bridgehead atoms. The van der Waals surface area contributed by atoms with E-state index in [1.54, 1.807) is 18.2 Å². The highest BCUT2D eigenvalue weighted by atomic mass is 35.5. The Balaban J connectivity index is 2.17. The number of terminal acetylenes is 1. The van der Waals surface area contributed by atoms with Crippen LogP contribution in [0.3, 0.4) is 0 Å². The molecule has 1 heterocycles. The van der Waals surface area contributed by atoms with Gasteiger partial charge in [-0.1, -0.05) is 22.9 Å². The molecule has 2 aromatic rings. The lowest BCUT2D eigenvalue weighted by molar-refractivity contribution is -0.117. The molecule has 2 rings (SSSR count). The van der Waals surface area contributed by atoms with E-state index in [9.17, 15) is 4.79 Å². The van der Waals surface area contributed by atoms with Crippen LogP contribution < -0.4 is 11.1 Å². The summed E-state index contributed by atoms with van der Waals surface area (Å²) in [5.41, 5.74) is 6.38. The van der Waals surface area contributed by atoms with Crippen molar-refractivity contribution in [3.05, 3.63) is 23.2 Å². The summed E-state index contributed by atoms with van der Waals surface area (Å²) in [6.45, 7) is 0. The number of thiazole rings is 1. The van der Waals surface area contributed by atoms with Crippen molar-refractivity contribution in [2.75, 3.05) is 5.32 Å². The molecule has 1 amide bonds. The van der Waals surface area contributed by atoms with Crippen LogP contribution in [0.25, 0.3) is 10.2 Å². The maximum atomic E-state index is 11.7. The third-order valence-corrected chi connectivity index (χ3v) is 3.42. The Morgan fingerprint density at radius 3 is 3.17 bits per heavy atom. The van der Waals surface area contributed by atoms with E-state index in [4.69, 9.17) is 23.8 Å². The molecule has 0 aliphatic carbocycles. The largest absolute Gasteiger partial charge is 0.319 e. The van der Waals surface area contributed by atoms with Gasteiger partial charge in [0.1, 0.15) is 0 Å². The first-order chi connectivity index (χ1) is 8.60. The highest BCUT2D eigenvalue weighted by Crippen LogP contribution is 2.28. The van der Waals surface area contributed by atoms with E-state index in [1.807, 2.05) is 0 Å². The number of hydrogen-bond donors (Lipinski definition) is 2. The van der Waals surface area contributed by atoms with E-state index in [-0.39, 0.29) is 12.3 Å². The summed E-state index contributed by atoms with van der Waals surface area (Å²) < 4.78 is 0.906. The van der Waals surface area contributed by atoms with Gasteiger partial charge in [-0.3, -0.25) is 4.79 Å². The standard InChI is InChI=1S/C12H10ClN3OS/c1-2-3-8(14)11(17)16-12-15-9-5-4-7(13)6-10(9)18-12/h1,4-6,8H,3,14H2,(H,15,16,17). The number of amides is 1. The van der Waals surface area contributed by atoms with E-state index < -0.39 is 6.04 Å². The van der Waals surface area contributed by atoms with Crippen molar-refractivity contribution in [1.29, 1.82) is 0 Å². The Labute approximate surface area is 113 Å². The van der Waals surface area contributed by atoms with Gasteiger partial charge in [0.15, 0.2) is 5.13 Å². The zero-order valence-corrected chi connectivity index (χ0v) is 10.9. The molecule has 4 nitrogen and oxygen atoms in total. The SMILES string of the molecule is C#CCC(N)C(=O)Nc1nc2ccc(Cl)cc2s1. The molecule has 0 saturated carbocycles. The summed E-state index contributed by atoms with van der Waals surface area (Å²) in [4.78, 5) is 15.9. The average molecular weight is 280 g/mol. The van der Waals surface area contributed by atoms with Gasteiger partial charge >= 0.3 is 0 Å². The number of halogens is 1. The van der Waals surface area contributed by atoms with Gasteiger partial charge < -0.3 is 11.1 Å². The zero-order chi connectivity index (χ0) is 13.1. The fourth-order valence-electron chi connectivity index (χ4n) is 1.37. The fourth-order valence-corrected chi connectivity index (χ4v) is 2.51. The minimum atomic E-state index is -0.717. The second-order valence-corrected chi connectivity index (χ2v) is 5.10. The molecule has 92 valence electrons. The molecule has 0 radical (unpaired) electrons. The number of nitrogens with zero attached hydrogens (tertiary/aromatic N) is 1. The number of anilines is 1. The highest BCUT2D eigenvalue weighted by molar-refractivity contribution is 7.22. The van der Waals surface area contributed by atoms with Crippen molar-refractivity contribution in [2.45, 2.75) is 12.5 Å². The molecule has 0 spiro atoms. The van der Waals surface area contributed by atoms with Gasteiger partial charge in [0, 0.05) is 11.4 Å². The fraction of sp³-hybridized carbons (Fsp3) is 0.167. The number of nitrogens with two attached hydrogens (primary N) is 1. The summed E-state index contributed by atoms with van der Waals surface area (Å²) in [5.74, 6) is 2.01. The first-order valence-electron chi connectivity index (χ1n) is 5.16. The maximum absolute atomic E-state index is 11.7. The van der Waals surface area contributed by atoms with Gasteiger partial charge in [-0.15, -0.1) is 12.3 Å². The van der Waals surface area contributed by atoms with Crippen molar-refractivity contribution >= 4 is 44.2 Å². The Morgan fingerprint density at radius 2 is 2.44 bits per heavy atom. The summed E-state index contributed by atoms with van der Waals surface area (Å²) in [6, 6.07) is 4.63. The van der Waals surface area contributed by atoms with Gasteiger partial charge in [-0.05, 0) is 18.2 Å². The molecule has 0 saturated heterocycles. The van der Waals surface area contributed by atoms with E-state index in [1.165, 1.54) is 11.3 Å². The molecule has 1 atom stereocenters. The summed E-state index contributed by atoms with van der Waals surface area (Å²) in [7, 11) is 0. The van der Waals surface area contributed by atoms with Crippen LogP contribution in [-0.2, 0) is 4.79 Å². The topological polar surface area (TPSA) is 68.0 Å². The number of carbonyl (C=O) groups is 1. The lowest BCUT2D eigenvalue weighted by atomic mass is 10.2. The molecule has 6 heteroatoms. The van der Waals surface area contributed by atoms with Crippen LogP contribution >= 0.6 is 22.9 Å². The molecule has 1 unspecified atom stereocenters. The van der Waals surface area contributed by atoms with Crippen LogP contribution in [0.15, 0.2) is 18.2 Å². The number of hydrogen-bond acceptors (Lipinski definition) is 4. The Bertz CT molecular complexity index is 632. The Hall–Kier alpha value is -1.61.